The van der Waals surface area contributed by atoms with Gasteiger partial charge in [-0.25, -0.2) is 13.2 Å². The van der Waals surface area contributed by atoms with Crippen molar-refractivity contribution < 1.29 is 27.5 Å². The molecule has 1 heterocycles. The van der Waals surface area contributed by atoms with Crippen LogP contribution >= 0.6 is 0 Å². The minimum absolute atomic E-state index is 0.0816. The molecule has 1 amide bonds. The summed E-state index contributed by atoms with van der Waals surface area (Å²) in [5, 5.41) is 2.51. The van der Waals surface area contributed by atoms with Crippen LogP contribution in [0.1, 0.15) is 6.92 Å². The summed E-state index contributed by atoms with van der Waals surface area (Å²) in [4.78, 5) is 23.1. The number of anilines is 1. The largest absolute Gasteiger partial charge is 0.452 e. The van der Waals surface area contributed by atoms with E-state index in [1.165, 1.54) is 34.7 Å². The summed E-state index contributed by atoms with van der Waals surface area (Å²) in [5.41, 5.74) is 0.307. The van der Waals surface area contributed by atoms with E-state index in [2.05, 4.69) is 5.32 Å². The summed E-state index contributed by atoms with van der Waals surface area (Å²) in [6, 6.07) is 5.93. The Morgan fingerprint density at radius 1 is 1.32 bits per heavy atom. The second kappa shape index (κ2) is 8.75. The molecule has 1 aromatic rings. The molecule has 0 radical (unpaired) electrons. The van der Waals surface area contributed by atoms with Gasteiger partial charge in [-0.1, -0.05) is 12.1 Å². The average molecular weight is 368 g/mol. The molecule has 0 spiro atoms. The van der Waals surface area contributed by atoms with Gasteiger partial charge in [-0.05, 0) is 25.1 Å². The first-order valence-electron chi connectivity index (χ1n) is 7.71. The number of sulfonamides is 1. The van der Waals surface area contributed by atoms with E-state index >= 15 is 0 Å². The van der Waals surface area contributed by atoms with E-state index in [1.807, 2.05) is 0 Å². The average Bonchev–Trinajstić information content (AvgIpc) is 2.61. The van der Waals surface area contributed by atoms with Gasteiger partial charge in [0.1, 0.15) is 0 Å². The van der Waals surface area contributed by atoms with Gasteiger partial charge >= 0.3 is 5.97 Å². The number of hydrogen-bond donors (Lipinski definition) is 1. The second-order valence-electron chi connectivity index (χ2n) is 5.20. The summed E-state index contributed by atoms with van der Waals surface area (Å²) >= 11 is 0. The van der Waals surface area contributed by atoms with Gasteiger partial charge in [0.2, 0.25) is 10.0 Å². The highest BCUT2D eigenvalue weighted by Gasteiger charge is 2.26. The maximum atomic E-state index is 12.6. The molecule has 0 bridgehead atoms. The van der Waals surface area contributed by atoms with E-state index in [9.17, 15) is 18.0 Å². The van der Waals surface area contributed by atoms with Crippen LogP contribution in [-0.2, 0) is 29.1 Å². The number of hydrogen-bond acceptors (Lipinski definition) is 6. The molecule has 0 unspecified atom stereocenters. The number of carbonyl (C=O) groups is 2. The van der Waals surface area contributed by atoms with Crippen LogP contribution in [0.4, 0.5) is 5.69 Å². The Morgan fingerprint density at radius 3 is 2.72 bits per heavy atom. The zero-order chi connectivity index (χ0) is 18.3. The van der Waals surface area contributed by atoms with Crippen LogP contribution < -0.4 is 5.32 Å². The van der Waals surface area contributed by atoms with Gasteiger partial charge in [0.15, 0.2) is 6.61 Å². The van der Waals surface area contributed by atoms with Crippen molar-refractivity contribution in [2.24, 2.45) is 0 Å². The van der Waals surface area contributed by atoms with Crippen molar-refractivity contribution >= 4 is 27.6 Å². The number of allylic oxidation sites excluding steroid dienone is 1. The van der Waals surface area contributed by atoms with E-state index in [0.29, 0.717) is 32.0 Å². The lowest BCUT2D eigenvalue weighted by Crippen LogP contribution is -2.40. The van der Waals surface area contributed by atoms with Crippen molar-refractivity contribution in [1.29, 1.82) is 0 Å². The molecule has 1 saturated heterocycles. The Kier molecular flexibility index (Phi) is 6.68. The number of rotatable bonds is 6. The number of nitrogens with zero attached hydrogens (tertiary/aromatic N) is 1. The molecule has 0 aromatic heterocycles. The number of nitrogens with one attached hydrogen (secondary N) is 1. The van der Waals surface area contributed by atoms with Gasteiger partial charge in [-0.15, -0.1) is 0 Å². The molecule has 0 atom stereocenters. The standard InChI is InChI=1S/C16H20N2O6S/c1-2-4-16(20)24-12-15(19)17-13-5-3-6-14(11-13)25(21,22)18-7-9-23-10-8-18/h2-6,11H,7-10,12H2,1H3,(H,17,19)/b4-2+. The Balaban J connectivity index is 2.03. The SMILES string of the molecule is C/C=C/C(=O)OCC(=O)Nc1cccc(S(=O)(=O)N2CCOCC2)c1. The third kappa shape index (κ3) is 5.38. The van der Waals surface area contributed by atoms with Crippen molar-refractivity contribution in [3.8, 4) is 0 Å². The molecule has 136 valence electrons. The van der Waals surface area contributed by atoms with Gasteiger partial charge in [-0.3, -0.25) is 4.79 Å². The van der Waals surface area contributed by atoms with E-state index in [1.54, 1.807) is 13.0 Å². The summed E-state index contributed by atoms with van der Waals surface area (Å²) in [6.07, 6.45) is 2.70. The molecule has 1 aromatic carbocycles. The normalized spacial score (nSPS) is 15.9. The minimum atomic E-state index is -3.65. The molecule has 1 N–H and O–H groups in total. The highest BCUT2D eigenvalue weighted by atomic mass is 32.2. The van der Waals surface area contributed by atoms with Gasteiger partial charge in [-0.2, -0.15) is 4.31 Å². The van der Waals surface area contributed by atoms with Crippen LogP contribution in [0.5, 0.6) is 0 Å². The summed E-state index contributed by atoms with van der Waals surface area (Å²) in [7, 11) is -3.65. The molecule has 0 aliphatic carbocycles. The minimum Gasteiger partial charge on any atom is -0.452 e. The van der Waals surface area contributed by atoms with Gasteiger partial charge in [0, 0.05) is 24.9 Å². The Bertz CT molecular complexity index is 754. The summed E-state index contributed by atoms with van der Waals surface area (Å²) in [6.45, 7) is 2.49. The molecule has 25 heavy (non-hydrogen) atoms. The lowest BCUT2D eigenvalue weighted by atomic mass is 10.3. The summed E-state index contributed by atoms with van der Waals surface area (Å²) in [5.74, 6) is -1.18. The van der Waals surface area contributed by atoms with Gasteiger partial charge in [0.25, 0.3) is 5.91 Å². The quantitative estimate of drug-likeness (QED) is 0.588. The zero-order valence-electron chi connectivity index (χ0n) is 13.8. The fourth-order valence-electron chi connectivity index (χ4n) is 2.19. The number of carbonyl (C=O) groups excluding carboxylic acids is 2. The monoisotopic (exact) mass is 368 g/mol. The molecule has 1 fully saturated rings. The van der Waals surface area contributed by atoms with E-state index < -0.39 is 28.5 Å². The topological polar surface area (TPSA) is 102 Å². The third-order valence-corrected chi connectivity index (χ3v) is 5.27. The second-order valence-corrected chi connectivity index (χ2v) is 7.14. The molecular formula is C16H20N2O6S. The fraction of sp³-hybridized carbons (Fsp3) is 0.375. The Labute approximate surface area is 146 Å². The van der Waals surface area contributed by atoms with Gasteiger partial charge in [0.05, 0.1) is 18.1 Å². The van der Waals surface area contributed by atoms with Crippen LogP contribution in [-0.4, -0.2) is 57.5 Å². The van der Waals surface area contributed by atoms with E-state index in [-0.39, 0.29) is 4.90 Å². The maximum absolute atomic E-state index is 12.6. The first kappa shape index (κ1) is 19.1. The number of morpholine rings is 1. The number of esters is 1. The number of amides is 1. The maximum Gasteiger partial charge on any atom is 0.330 e. The summed E-state index contributed by atoms with van der Waals surface area (Å²) < 4.78 is 36.4. The van der Waals surface area contributed by atoms with Gasteiger partial charge < -0.3 is 14.8 Å². The van der Waals surface area contributed by atoms with Crippen molar-refractivity contribution in [2.75, 3.05) is 38.2 Å². The zero-order valence-corrected chi connectivity index (χ0v) is 14.6. The lowest BCUT2D eigenvalue weighted by molar-refractivity contribution is -0.142. The Hall–Kier alpha value is -2.23. The molecule has 2 rings (SSSR count). The van der Waals surface area contributed by atoms with Crippen molar-refractivity contribution in [2.45, 2.75) is 11.8 Å². The van der Waals surface area contributed by atoms with Crippen LogP contribution in [0.3, 0.4) is 0 Å². The smallest absolute Gasteiger partial charge is 0.330 e. The predicted molar refractivity (Wildman–Crippen MR) is 90.4 cm³/mol. The van der Waals surface area contributed by atoms with E-state index in [4.69, 9.17) is 9.47 Å². The highest BCUT2D eigenvalue weighted by Crippen LogP contribution is 2.20. The van der Waals surface area contributed by atoms with Crippen molar-refractivity contribution in [1.82, 2.24) is 4.31 Å². The van der Waals surface area contributed by atoms with Crippen molar-refractivity contribution in [3.63, 3.8) is 0 Å². The molecule has 1 aliphatic heterocycles. The third-order valence-electron chi connectivity index (χ3n) is 3.37. The van der Waals surface area contributed by atoms with Crippen LogP contribution in [0, 0.1) is 0 Å². The van der Waals surface area contributed by atoms with E-state index in [0.717, 1.165) is 0 Å². The van der Waals surface area contributed by atoms with Crippen LogP contribution in [0.2, 0.25) is 0 Å². The first-order chi connectivity index (χ1) is 11.9. The Morgan fingerprint density at radius 2 is 2.04 bits per heavy atom. The molecule has 8 nitrogen and oxygen atoms in total. The van der Waals surface area contributed by atoms with Crippen LogP contribution in [0.15, 0.2) is 41.3 Å². The number of ether oxygens (including phenoxy) is 2. The predicted octanol–water partition coefficient (Wildman–Crippen LogP) is 0.765. The fourth-order valence-corrected chi connectivity index (χ4v) is 3.64. The molecular weight excluding hydrogens is 348 g/mol. The van der Waals surface area contributed by atoms with Crippen LogP contribution in [0.25, 0.3) is 0 Å². The molecule has 9 heteroatoms. The highest BCUT2D eigenvalue weighted by molar-refractivity contribution is 7.89. The number of benzene rings is 1. The lowest BCUT2D eigenvalue weighted by Gasteiger charge is -2.26. The molecule has 1 aliphatic rings. The first-order valence-corrected chi connectivity index (χ1v) is 9.15. The molecule has 0 saturated carbocycles. The van der Waals surface area contributed by atoms with Crippen molar-refractivity contribution in [3.05, 3.63) is 36.4 Å².